The van der Waals surface area contributed by atoms with E-state index in [1.54, 1.807) is 14.2 Å². The van der Waals surface area contributed by atoms with E-state index in [1.165, 1.54) is 5.56 Å². The first kappa shape index (κ1) is 22.4. The van der Waals surface area contributed by atoms with Crippen LogP contribution in [0.4, 0.5) is 0 Å². The lowest BCUT2D eigenvalue weighted by atomic mass is 9.98. The Kier molecular flexibility index (Phi) is 8.07. The maximum atomic E-state index is 12.8. The predicted octanol–water partition coefficient (Wildman–Crippen LogP) is 4.28. The van der Waals surface area contributed by atoms with Gasteiger partial charge in [-0.3, -0.25) is 10.1 Å². The molecule has 0 saturated heterocycles. The van der Waals surface area contributed by atoms with E-state index in [2.05, 4.69) is 34.9 Å². The second kappa shape index (κ2) is 11.2. The molecule has 0 saturated carbocycles. The molecule has 0 radical (unpaired) electrons. The standard InChI is InChI=1S/C26H30N2O3/c1-19(26(29)27-18-21-14-15-24(30-2)25(17-21)31-3)28-23(22-12-8-5-9-13-22)16-20-10-6-4-7-11-20/h4-15,17,19,23,28H,16,18H2,1-3H3,(H,27,29). The molecule has 0 aliphatic rings. The van der Waals surface area contributed by atoms with Crippen LogP contribution in [0.2, 0.25) is 0 Å². The Morgan fingerprint density at radius 1 is 0.839 bits per heavy atom. The zero-order valence-corrected chi connectivity index (χ0v) is 18.3. The van der Waals surface area contributed by atoms with Gasteiger partial charge in [0.1, 0.15) is 0 Å². The first-order valence-electron chi connectivity index (χ1n) is 10.4. The van der Waals surface area contributed by atoms with Gasteiger partial charge >= 0.3 is 0 Å². The summed E-state index contributed by atoms with van der Waals surface area (Å²) in [6.07, 6.45) is 0.804. The highest BCUT2D eigenvalue weighted by molar-refractivity contribution is 5.81. The SMILES string of the molecule is COc1ccc(CNC(=O)C(C)NC(Cc2ccccc2)c2ccccc2)cc1OC. The van der Waals surface area contributed by atoms with Crippen LogP contribution in [0.1, 0.15) is 29.7 Å². The number of carbonyl (C=O) groups excluding carboxylic acids is 1. The zero-order chi connectivity index (χ0) is 22.1. The van der Waals surface area contributed by atoms with Crippen LogP contribution in [-0.2, 0) is 17.8 Å². The molecule has 0 aromatic heterocycles. The van der Waals surface area contributed by atoms with Gasteiger partial charge in [0.05, 0.1) is 20.3 Å². The number of hydrogen-bond donors (Lipinski definition) is 2. The van der Waals surface area contributed by atoms with E-state index < -0.39 is 0 Å². The van der Waals surface area contributed by atoms with Gasteiger partial charge < -0.3 is 14.8 Å². The van der Waals surface area contributed by atoms with Crippen LogP contribution in [0.15, 0.2) is 78.9 Å². The van der Waals surface area contributed by atoms with Crippen LogP contribution < -0.4 is 20.1 Å². The third-order valence-corrected chi connectivity index (χ3v) is 5.24. The molecule has 2 unspecified atom stereocenters. The molecule has 5 heteroatoms. The molecule has 3 rings (SSSR count). The molecule has 0 spiro atoms. The quantitative estimate of drug-likeness (QED) is 0.516. The number of benzene rings is 3. The minimum Gasteiger partial charge on any atom is -0.493 e. The lowest BCUT2D eigenvalue weighted by Gasteiger charge is -2.24. The lowest BCUT2D eigenvalue weighted by molar-refractivity contribution is -0.123. The number of methoxy groups -OCH3 is 2. The molecular weight excluding hydrogens is 388 g/mol. The van der Waals surface area contributed by atoms with Crippen molar-refractivity contribution in [3.63, 3.8) is 0 Å². The molecule has 1 amide bonds. The number of hydrogen-bond acceptors (Lipinski definition) is 4. The van der Waals surface area contributed by atoms with E-state index >= 15 is 0 Å². The van der Waals surface area contributed by atoms with Crippen LogP contribution in [-0.4, -0.2) is 26.2 Å². The second-order valence-electron chi connectivity index (χ2n) is 7.45. The van der Waals surface area contributed by atoms with Gasteiger partial charge in [0.2, 0.25) is 5.91 Å². The average molecular weight is 419 g/mol. The van der Waals surface area contributed by atoms with E-state index in [0.29, 0.717) is 18.0 Å². The molecule has 5 nitrogen and oxygen atoms in total. The van der Waals surface area contributed by atoms with Gasteiger partial charge in [-0.1, -0.05) is 66.7 Å². The van der Waals surface area contributed by atoms with Crippen molar-refractivity contribution in [3.8, 4) is 11.5 Å². The molecule has 31 heavy (non-hydrogen) atoms. The zero-order valence-electron chi connectivity index (χ0n) is 18.3. The minimum atomic E-state index is -0.353. The molecule has 162 valence electrons. The fourth-order valence-electron chi connectivity index (χ4n) is 3.52. The Labute approximate surface area is 184 Å². The normalized spacial score (nSPS) is 12.6. The Morgan fingerprint density at radius 2 is 1.48 bits per heavy atom. The second-order valence-corrected chi connectivity index (χ2v) is 7.45. The predicted molar refractivity (Wildman–Crippen MR) is 123 cm³/mol. The fourth-order valence-corrected chi connectivity index (χ4v) is 3.52. The number of amides is 1. The number of rotatable bonds is 10. The van der Waals surface area contributed by atoms with Gasteiger partial charge in [0, 0.05) is 12.6 Å². The summed E-state index contributed by atoms with van der Waals surface area (Å²) in [5.74, 6) is 1.26. The molecule has 0 bridgehead atoms. The van der Waals surface area contributed by atoms with Crippen molar-refractivity contribution in [2.75, 3.05) is 14.2 Å². The maximum absolute atomic E-state index is 12.8. The lowest BCUT2D eigenvalue weighted by Crippen LogP contribution is -2.43. The highest BCUT2D eigenvalue weighted by atomic mass is 16.5. The van der Waals surface area contributed by atoms with Crippen LogP contribution >= 0.6 is 0 Å². The van der Waals surface area contributed by atoms with E-state index in [0.717, 1.165) is 17.5 Å². The summed E-state index contributed by atoms with van der Waals surface area (Å²) in [6, 6.07) is 25.9. The van der Waals surface area contributed by atoms with Crippen molar-refractivity contribution in [2.24, 2.45) is 0 Å². The first-order chi connectivity index (χ1) is 15.1. The molecule has 0 aliphatic carbocycles. The smallest absolute Gasteiger partial charge is 0.237 e. The summed E-state index contributed by atoms with van der Waals surface area (Å²) in [5.41, 5.74) is 3.33. The van der Waals surface area contributed by atoms with Gasteiger partial charge in [-0.15, -0.1) is 0 Å². The summed E-state index contributed by atoms with van der Waals surface area (Å²) in [5, 5.41) is 6.51. The summed E-state index contributed by atoms with van der Waals surface area (Å²) < 4.78 is 10.6. The molecule has 3 aromatic carbocycles. The van der Waals surface area contributed by atoms with Crippen molar-refractivity contribution < 1.29 is 14.3 Å². The monoisotopic (exact) mass is 418 g/mol. The Hall–Kier alpha value is -3.31. The van der Waals surface area contributed by atoms with E-state index in [-0.39, 0.29) is 18.0 Å². The summed E-state index contributed by atoms with van der Waals surface area (Å²) in [4.78, 5) is 12.8. The summed E-state index contributed by atoms with van der Waals surface area (Å²) in [7, 11) is 3.20. The van der Waals surface area contributed by atoms with Crippen molar-refractivity contribution >= 4 is 5.91 Å². The highest BCUT2D eigenvalue weighted by Gasteiger charge is 2.19. The van der Waals surface area contributed by atoms with Crippen molar-refractivity contribution in [2.45, 2.75) is 32.0 Å². The Bertz CT molecular complexity index is 961. The molecule has 0 heterocycles. The van der Waals surface area contributed by atoms with Crippen molar-refractivity contribution in [1.29, 1.82) is 0 Å². The van der Waals surface area contributed by atoms with Gasteiger partial charge in [-0.25, -0.2) is 0 Å². The molecule has 2 N–H and O–H groups in total. The van der Waals surface area contributed by atoms with Gasteiger partial charge in [0.25, 0.3) is 0 Å². The topological polar surface area (TPSA) is 59.6 Å². The van der Waals surface area contributed by atoms with Gasteiger partial charge in [-0.05, 0) is 42.2 Å². The molecular formula is C26H30N2O3. The fraction of sp³-hybridized carbons (Fsp3) is 0.269. The molecule has 0 aliphatic heterocycles. The van der Waals surface area contributed by atoms with Crippen LogP contribution in [0.5, 0.6) is 11.5 Å². The average Bonchev–Trinajstić information content (AvgIpc) is 2.83. The first-order valence-corrected chi connectivity index (χ1v) is 10.4. The third-order valence-electron chi connectivity index (χ3n) is 5.24. The molecule has 3 aromatic rings. The minimum absolute atomic E-state index is 0.0328. The van der Waals surface area contributed by atoms with Gasteiger partial charge in [-0.2, -0.15) is 0 Å². The number of carbonyl (C=O) groups is 1. The Balaban J connectivity index is 1.64. The highest BCUT2D eigenvalue weighted by Crippen LogP contribution is 2.27. The van der Waals surface area contributed by atoms with E-state index in [4.69, 9.17) is 9.47 Å². The molecule has 0 fully saturated rings. The van der Waals surface area contributed by atoms with Crippen LogP contribution in [0.25, 0.3) is 0 Å². The number of ether oxygens (including phenoxy) is 2. The van der Waals surface area contributed by atoms with Crippen LogP contribution in [0.3, 0.4) is 0 Å². The van der Waals surface area contributed by atoms with Crippen molar-refractivity contribution in [1.82, 2.24) is 10.6 Å². The third kappa shape index (κ3) is 6.33. The van der Waals surface area contributed by atoms with E-state index in [1.807, 2.05) is 61.5 Å². The van der Waals surface area contributed by atoms with E-state index in [9.17, 15) is 4.79 Å². The number of nitrogens with one attached hydrogen (secondary N) is 2. The largest absolute Gasteiger partial charge is 0.493 e. The summed E-state index contributed by atoms with van der Waals surface area (Å²) in [6.45, 7) is 2.31. The Morgan fingerprint density at radius 3 is 2.13 bits per heavy atom. The van der Waals surface area contributed by atoms with Gasteiger partial charge in [0.15, 0.2) is 11.5 Å². The summed E-state index contributed by atoms with van der Waals surface area (Å²) >= 11 is 0. The maximum Gasteiger partial charge on any atom is 0.237 e. The molecule has 2 atom stereocenters. The van der Waals surface area contributed by atoms with Crippen LogP contribution in [0, 0.1) is 0 Å². The van der Waals surface area contributed by atoms with Crippen molar-refractivity contribution in [3.05, 3.63) is 95.6 Å².